The highest BCUT2D eigenvalue weighted by Gasteiger charge is 2.49. The Labute approximate surface area is 614 Å². The highest BCUT2D eigenvalue weighted by Crippen LogP contribution is 2.48. The quantitative estimate of drug-likeness (QED) is 0.0603. The Kier molecular flexibility index (Phi) is 17.6. The number of piperidine rings is 2. The third kappa shape index (κ3) is 11.7. The van der Waals surface area contributed by atoms with E-state index in [1.54, 1.807) is 53.4 Å². The van der Waals surface area contributed by atoms with E-state index in [1.165, 1.54) is 12.1 Å². The number of anilines is 4. The fourth-order valence-electron chi connectivity index (χ4n) is 16.8. The molecule has 4 fully saturated rings. The van der Waals surface area contributed by atoms with Crippen LogP contribution in [0.5, 0.6) is 0 Å². The topological polar surface area (TPSA) is 352 Å². The molecule has 8 aromatic rings. The summed E-state index contributed by atoms with van der Waals surface area (Å²) in [5.74, 6) is -4.93. The van der Waals surface area contributed by atoms with Crippen LogP contribution >= 0.6 is 0 Å². The molecule has 6 aromatic carbocycles. The van der Waals surface area contributed by atoms with Gasteiger partial charge >= 0.3 is 0 Å². The number of fused-ring (bicyclic) bond motifs is 10. The van der Waals surface area contributed by atoms with Crippen LogP contribution in [0.15, 0.2) is 97.1 Å². The number of ketones is 2. The summed E-state index contributed by atoms with van der Waals surface area (Å²) in [7, 11) is 0. The zero-order chi connectivity index (χ0) is 75.4. The number of imide groups is 4. The van der Waals surface area contributed by atoms with Crippen molar-refractivity contribution in [1.82, 2.24) is 40.2 Å². The van der Waals surface area contributed by atoms with Gasteiger partial charge in [0.1, 0.15) is 12.1 Å². The lowest BCUT2D eigenvalue weighted by atomic mass is 9.70. The molecule has 542 valence electrons. The molecule has 4 saturated heterocycles. The number of rotatable bonds is 13. The van der Waals surface area contributed by atoms with Gasteiger partial charge in [-0.15, -0.1) is 0 Å². The number of hydrogen-bond acceptors (Lipinski definition) is 18. The first kappa shape index (κ1) is 70.1. The number of nitriles is 2. The second kappa shape index (κ2) is 26.8. The molecule has 0 saturated carbocycles. The molecule has 2 aromatic heterocycles. The van der Waals surface area contributed by atoms with Gasteiger partial charge in [-0.05, 0) is 121 Å². The van der Waals surface area contributed by atoms with Gasteiger partial charge in [0.15, 0.2) is 11.6 Å². The average Bonchev–Trinajstić information content (AvgIpc) is 1.64. The van der Waals surface area contributed by atoms with Crippen LogP contribution in [0.4, 0.5) is 22.7 Å². The van der Waals surface area contributed by atoms with Gasteiger partial charge in [-0.3, -0.25) is 78.0 Å². The van der Waals surface area contributed by atoms with Gasteiger partial charge in [0.25, 0.3) is 23.6 Å². The van der Waals surface area contributed by atoms with E-state index in [0.29, 0.717) is 97.1 Å². The smallest absolute Gasteiger partial charge is 0.264 e. The van der Waals surface area contributed by atoms with Crippen LogP contribution in [0.3, 0.4) is 0 Å². The molecule has 0 radical (unpaired) electrons. The van der Waals surface area contributed by atoms with Crippen LogP contribution in [0.2, 0.25) is 0 Å². The predicted molar refractivity (Wildman–Crippen MR) is 394 cm³/mol. The van der Waals surface area contributed by atoms with E-state index in [1.807, 2.05) is 29.2 Å². The van der Waals surface area contributed by atoms with Crippen molar-refractivity contribution in [3.05, 3.63) is 186 Å². The molecule has 2 unspecified atom stereocenters. The molecule has 0 spiro atoms. The molecular weight excluding hydrogens is 1360 g/mol. The van der Waals surface area contributed by atoms with E-state index in [9.17, 15) is 68.1 Å². The van der Waals surface area contributed by atoms with E-state index in [-0.39, 0.29) is 90.8 Å². The first-order valence-electron chi connectivity index (χ1n) is 36.1. The number of aryl methyl sites for hydroxylation is 2. The van der Waals surface area contributed by atoms with Crippen LogP contribution in [-0.4, -0.2) is 178 Å². The third-order valence-electron chi connectivity index (χ3n) is 22.6. The summed E-state index contributed by atoms with van der Waals surface area (Å²) in [5.41, 5.74) is 13.3. The molecule has 26 heteroatoms. The molecule has 8 heterocycles. The number of nitrogens with one attached hydrogen (secondary N) is 6. The first-order chi connectivity index (χ1) is 51.3. The number of aromatic nitrogens is 2. The Morgan fingerprint density at radius 1 is 0.495 bits per heavy atom. The van der Waals surface area contributed by atoms with Gasteiger partial charge in [0, 0.05) is 156 Å². The normalized spacial score (nSPS) is 19.1. The number of carbonyl (C=O) groups excluding carboxylic acids is 12. The van der Waals surface area contributed by atoms with E-state index >= 15 is 0 Å². The Bertz CT molecular complexity index is 5400. The summed E-state index contributed by atoms with van der Waals surface area (Å²) >= 11 is 0. The minimum atomic E-state index is -1.08. The van der Waals surface area contributed by atoms with Gasteiger partial charge in [0.2, 0.25) is 35.4 Å². The molecule has 16 rings (SSSR count). The second-order valence-electron chi connectivity index (χ2n) is 29.3. The van der Waals surface area contributed by atoms with Crippen molar-refractivity contribution >= 4 is 115 Å². The van der Waals surface area contributed by atoms with Crippen molar-refractivity contribution in [3.8, 4) is 12.1 Å². The van der Waals surface area contributed by atoms with E-state index in [2.05, 4.69) is 107 Å². The average molecular weight is 1440 g/mol. The zero-order valence-electron chi connectivity index (χ0n) is 59.9. The number of benzene rings is 6. The zero-order valence-corrected chi connectivity index (χ0v) is 59.9. The molecule has 26 nitrogen and oxygen atoms in total. The summed E-state index contributed by atoms with van der Waals surface area (Å²) in [6.45, 7) is 17.1. The lowest BCUT2D eigenvalue weighted by Gasteiger charge is -2.39. The summed E-state index contributed by atoms with van der Waals surface area (Å²) in [4.78, 5) is 173. The highest BCUT2D eigenvalue weighted by atomic mass is 16.2. The maximum atomic E-state index is 14.1. The minimum Gasteiger partial charge on any atom is -0.384 e. The van der Waals surface area contributed by atoms with Gasteiger partial charge in [-0.2, -0.15) is 10.5 Å². The minimum absolute atomic E-state index is 0.0244. The summed E-state index contributed by atoms with van der Waals surface area (Å²) < 4.78 is 0. The van der Waals surface area contributed by atoms with Gasteiger partial charge in [-0.1, -0.05) is 65.8 Å². The number of carbonyl (C=O) groups is 12. The molecule has 0 bridgehead atoms. The summed E-state index contributed by atoms with van der Waals surface area (Å²) in [5, 5.41) is 31.1. The molecule has 2 aliphatic carbocycles. The SMILES string of the molecule is CCc1cc2c(cc1N1CCN(C(=O)CCNc3cccc4c3C(=O)N(C3CCC(=O)NC3=O)C4=O)CC1)C(C)(C)c1[nH]c3cc(C#N)ccc3c1C2=O.CCc1cc2c(cc1N1CCN(C(=O)CNc3cccc4c3C(=O)N(C3CCC(=O)NC3=O)C4=O)CC1)C(C)(C)c1[nH]c3cc(C#N)ccc3c1C2=O. The van der Waals surface area contributed by atoms with Crippen LogP contribution in [-0.2, 0) is 52.4 Å². The molecule has 8 aliphatic rings. The highest BCUT2D eigenvalue weighted by molar-refractivity contribution is 6.27. The van der Waals surface area contributed by atoms with Gasteiger partial charge in [0.05, 0.1) is 63.2 Å². The number of nitrogens with zero attached hydrogens (tertiary/aromatic N) is 8. The van der Waals surface area contributed by atoms with Crippen molar-refractivity contribution < 1.29 is 57.5 Å². The fraction of sp³-hybridized carbons (Fsp3) is 0.333. The number of hydrogen-bond donors (Lipinski definition) is 6. The number of aromatic amines is 2. The van der Waals surface area contributed by atoms with Crippen molar-refractivity contribution in [3.63, 3.8) is 0 Å². The van der Waals surface area contributed by atoms with Crippen molar-refractivity contribution in [2.45, 2.75) is 109 Å². The van der Waals surface area contributed by atoms with Crippen LogP contribution in [0.25, 0.3) is 21.8 Å². The van der Waals surface area contributed by atoms with Gasteiger partial charge < -0.3 is 40.2 Å². The summed E-state index contributed by atoms with van der Waals surface area (Å²) in [6.07, 6.45) is 1.81. The Morgan fingerprint density at radius 3 is 1.33 bits per heavy atom. The Balaban J connectivity index is 0.000000171. The van der Waals surface area contributed by atoms with Crippen LogP contribution in [0.1, 0.15) is 192 Å². The standard InChI is InChI=1S/C41H39N7O6.C40H37N7O6/c1-4-23-19-26-27(41(2,3)37-35(36(26)51)24-9-8-22(21-42)18-29(24)44-37)20-31(23)46-14-16-47(17-15-46)33(50)12-13-43-28-7-5-6-25-34(28)40(54)48(39(25)53)30-10-11-32(49)45-38(30)52;1-4-22-17-25-26(40(2,3)36-34(35(25)50)23-9-8-21(19-41)16-28(23)43-36)18-30(22)45-12-14-46(15-13-45)32(49)20-42-27-7-5-6-24-33(27)39(53)47(38(24)52)29-10-11-31(48)44-37(29)51/h5-9,18-20,30,43-44H,4,10-17H2,1-3H3,(H,45,49,52);5-9,16-18,29,42-43H,4,10-15,20H2,1-3H3,(H,44,48,51). The molecule has 107 heavy (non-hydrogen) atoms. The number of amides is 10. The lowest BCUT2D eigenvalue weighted by molar-refractivity contribution is -0.137. The van der Waals surface area contributed by atoms with E-state index < -0.39 is 70.2 Å². The molecule has 10 amide bonds. The van der Waals surface area contributed by atoms with Crippen molar-refractivity contribution in [2.75, 3.05) is 85.9 Å². The summed E-state index contributed by atoms with van der Waals surface area (Å²) in [6, 6.07) is 30.9. The molecule has 6 N–H and O–H groups in total. The largest absolute Gasteiger partial charge is 0.384 e. The Hall–Kier alpha value is -12.6. The van der Waals surface area contributed by atoms with E-state index in [0.717, 1.165) is 89.5 Å². The van der Waals surface area contributed by atoms with Gasteiger partial charge in [-0.25, -0.2) is 0 Å². The van der Waals surface area contributed by atoms with Crippen LogP contribution in [0, 0.1) is 22.7 Å². The maximum Gasteiger partial charge on any atom is 0.264 e. The maximum absolute atomic E-state index is 14.1. The first-order valence-corrected chi connectivity index (χ1v) is 36.1. The number of piperazine rings is 2. The van der Waals surface area contributed by atoms with Crippen LogP contribution < -0.4 is 31.1 Å². The molecular formula is C81H76N14O12. The van der Waals surface area contributed by atoms with E-state index in [4.69, 9.17) is 0 Å². The third-order valence-corrected chi connectivity index (χ3v) is 22.6. The molecule has 6 aliphatic heterocycles. The fourth-order valence-corrected chi connectivity index (χ4v) is 16.8. The van der Waals surface area contributed by atoms with Crippen molar-refractivity contribution in [1.29, 1.82) is 10.5 Å². The monoisotopic (exact) mass is 1440 g/mol. The Morgan fingerprint density at radius 2 is 0.916 bits per heavy atom. The van der Waals surface area contributed by atoms with Crippen molar-refractivity contribution in [2.24, 2.45) is 0 Å². The number of H-pyrrole nitrogens is 2. The molecule has 2 atom stereocenters. The predicted octanol–water partition coefficient (Wildman–Crippen LogP) is 7.66. The second-order valence-corrected chi connectivity index (χ2v) is 29.3. The lowest BCUT2D eigenvalue weighted by Crippen LogP contribution is -2.54.